The molecule has 4 rings (SSSR count). The summed E-state index contributed by atoms with van der Waals surface area (Å²) < 4.78 is 38.5. The van der Waals surface area contributed by atoms with E-state index in [0.717, 1.165) is 33.9 Å². The lowest BCUT2D eigenvalue weighted by molar-refractivity contribution is 0.166. The molecule has 3 aromatic rings. The second kappa shape index (κ2) is 8.82. The van der Waals surface area contributed by atoms with Gasteiger partial charge in [-0.15, -0.1) is 0 Å². The monoisotopic (exact) mass is 441 g/mol. The van der Waals surface area contributed by atoms with Gasteiger partial charge in [0.15, 0.2) is 5.76 Å². The molecule has 1 aromatic heterocycles. The number of rotatable bonds is 6. The van der Waals surface area contributed by atoms with Crippen LogP contribution in [0.1, 0.15) is 16.9 Å². The summed E-state index contributed by atoms with van der Waals surface area (Å²) in [6.45, 7) is 6.54. The number of hydrogen-bond donors (Lipinski definition) is 0. The molecule has 0 unspecified atom stereocenters. The SMILES string of the molecule is COc1ccc(-c2cc(CN3CCN(S(=O)(=O)c4cc(C)ccc4C)CC3)on2)cc1. The number of nitrogens with zero attached hydrogens (tertiary/aromatic N) is 3. The molecule has 0 bridgehead atoms. The fourth-order valence-electron chi connectivity index (χ4n) is 3.76. The number of benzene rings is 2. The molecule has 2 heterocycles. The van der Waals surface area contributed by atoms with Gasteiger partial charge in [0.1, 0.15) is 11.4 Å². The number of ether oxygens (including phenoxy) is 1. The van der Waals surface area contributed by atoms with Crippen molar-refractivity contribution in [2.45, 2.75) is 25.3 Å². The highest BCUT2D eigenvalue weighted by Crippen LogP contribution is 2.25. The van der Waals surface area contributed by atoms with Crippen molar-refractivity contribution in [3.05, 3.63) is 65.4 Å². The molecule has 0 N–H and O–H groups in total. The highest BCUT2D eigenvalue weighted by Gasteiger charge is 2.30. The van der Waals surface area contributed by atoms with Crippen LogP contribution < -0.4 is 4.74 Å². The largest absolute Gasteiger partial charge is 0.497 e. The lowest BCUT2D eigenvalue weighted by atomic mass is 10.1. The fraction of sp³-hybridized carbons (Fsp3) is 0.348. The van der Waals surface area contributed by atoms with Crippen LogP contribution in [0.3, 0.4) is 0 Å². The van der Waals surface area contributed by atoms with Gasteiger partial charge in [0.2, 0.25) is 10.0 Å². The molecule has 164 valence electrons. The van der Waals surface area contributed by atoms with E-state index in [0.29, 0.717) is 37.6 Å². The van der Waals surface area contributed by atoms with Crippen LogP contribution in [0.15, 0.2) is 57.9 Å². The van der Waals surface area contributed by atoms with E-state index in [4.69, 9.17) is 9.26 Å². The van der Waals surface area contributed by atoms with Gasteiger partial charge in [-0.25, -0.2) is 8.42 Å². The van der Waals surface area contributed by atoms with E-state index in [1.807, 2.05) is 56.3 Å². The summed E-state index contributed by atoms with van der Waals surface area (Å²) in [5.41, 5.74) is 3.45. The summed E-state index contributed by atoms with van der Waals surface area (Å²) in [5.74, 6) is 1.55. The van der Waals surface area contributed by atoms with Crippen LogP contribution >= 0.6 is 0 Å². The quantitative estimate of drug-likeness (QED) is 0.583. The molecule has 7 nitrogen and oxygen atoms in total. The van der Waals surface area contributed by atoms with Crippen molar-refractivity contribution in [2.24, 2.45) is 0 Å². The van der Waals surface area contributed by atoms with Crippen molar-refractivity contribution in [1.29, 1.82) is 0 Å². The Morgan fingerprint density at radius 1 is 1.00 bits per heavy atom. The minimum Gasteiger partial charge on any atom is -0.497 e. The van der Waals surface area contributed by atoms with Crippen LogP contribution in [0.2, 0.25) is 0 Å². The normalized spacial score (nSPS) is 15.8. The second-order valence-corrected chi connectivity index (χ2v) is 9.76. The molecule has 0 radical (unpaired) electrons. The van der Waals surface area contributed by atoms with Crippen LogP contribution in [0.4, 0.5) is 0 Å². The van der Waals surface area contributed by atoms with Gasteiger partial charge in [0, 0.05) is 37.8 Å². The summed E-state index contributed by atoms with van der Waals surface area (Å²) >= 11 is 0. The van der Waals surface area contributed by atoms with Crippen molar-refractivity contribution in [2.75, 3.05) is 33.3 Å². The van der Waals surface area contributed by atoms with Gasteiger partial charge in [-0.05, 0) is 55.3 Å². The Morgan fingerprint density at radius 2 is 1.71 bits per heavy atom. The Balaban J connectivity index is 1.38. The fourth-order valence-corrected chi connectivity index (χ4v) is 5.49. The first kappa shape index (κ1) is 21.5. The van der Waals surface area contributed by atoms with Crippen LogP contribution in [-0.2, 0) is 16.6 Å². The van der Waals surface area contributed by atoms with Crippen molar-refractivity contribution in [3.8, 4) is 17.0 Å². The maximum atomic E-state index is 13.1. The molecule has 1 saturated heterocycles. The van der Waals surface area contributed by atoms with E-state index in [9.17, 15) is 8.42 Å². The first-order chi connectivity index (χ1) is 14.9. The molecule has 31 heavy (non-hydrogen) atoms. The van der Waals surface area contributed by atoms with E-state index in [2.05, 4.69) is 10.1 Å². The number of aryl methyl sites for hydroxylation is 2. The van der Waals surface area contributed by atoms with Gasteiger partial charge < -0.3 is 9.26 Å². The molecule has 2 aromatic carbocycles. The Morgan fingerprint density at radius 3 is 2.39 bits per heavy atom. The second-order valence-electron chi connectivity index (χ2n) is 7.86. The third-order valence-corrected chi connectivity index (χ3v) is 7.66. The van der Waals surface area contributed by atoms with Gasteiger partial charge in [-0.2, -0.15) is 4.31 Å². The number of sulfonamides is 1. The van der Waals surface area contributed by atoms with Gasteiger partial charge in [-0.3, -0.25) is 4.90 Å². The summed E-state index contributed by atoms with van der Waals surface area (Å²) in [4.78, 5) is 2.59. The number of hydrogen-bond acceptors (Lipinski definition) is 6. The molecular weight excluding hydrogens is 414 g/mol. The Labute approximate surface area is 183 Å². The average molecular weight is 442 g/mol. The Hall–Kier alpha value is -2.68. The molecule has 0 atom stereocenters. The first-order valence-corrected chi connectivity index (χ1v) is 11.7. The summed E-state index contributed by atoms with van der Waals surface area (Å²) in [5, 5.41) is 4.17. The van der Waals surface area contributed by atoms with Crippen LogP contribution in [-0.4, -0.2) is 56.1 Å². The average Bonchev–Trinajstić information content (AvgIpc) is 3.24. The molecule has 1 fully saturated rings. The third-order valence-electron chi connectivity index (χ3n) is 5.62. The Kier molecular flexibility index (Phi) is 6.13. The van der Waals surface area contributed by atoms with Crippen molar-refractivity contribution >= 4 is 10.0 Å². The maximum Gasteiger partial charge on any atom is 0.243 e. The van der Waals surface area contributed by atoms with Crippen LogP contribution in [0, 0.1) is 13.8 Å². The lowest BCUT2D eigenvalue weighted by Crippen LogP contribution is -2.48. The maximum absolute atomic E-state index is 13.1. The minimum atomic E-state index is -3.49. The van der Waals surface area contributed by atoms with Crippen molar-refractivity contribution in [1.82, 2.24) is 14.4 Å². The van der Waals surface area contributed by atoms with E-state index in [1.54, 1.807) is 17.5 Å². The summed E-state index contributed by atoms with van der Waals surface area (Å²) in [6.07, 6.45) is 0. The van der Waals surface area contributed by atoms with E-state index in [-0.39, 0.29) is 0 Å². The molecular formula is C23H27N3O4S. The van der Waals surface area contributed by atoms with Gasteiger partial charge in [-0.1, -0.05) is 17.3 Å². The van der Waals surface area contributed by atoms with Gasteiger partial charge in [0.25, 0.3) is 0 Å². The molecule has 0 aliphatic carbocycles. The molecule has 0 amide bonds. The first-order valence-electron chi connectivity index (χ1n) is 10.3. The highest BCUT2D eigenvalue weighted by molar-refractivity contribution is 7.89. The van der Waals surface area contributed by atoms with Gasteiger partial charge in [0.05, 0.1) is 18.6 Å². The van der Waals surface area contributed by atoms with E-state index in [1.165, 1.54) is 0 Å². The highest BCUT2D eigenvalue weighted by atomic mass is 32.2. The summed E-state index contributed by atoms with van der Waals surface area (Å²) in [7, 11) is -1.85. The molecule has 1 aliphatic heterocycles. The predicted molar refractivity (Wildman–Crippen MR) is 118 cm³/mol. The topological polar surface area (TPSA) is 75.9 Å². The van der Waals surface area contributed by atoms with Crippen LogP contribution in [0.5, 0.6) is 5.75 Å². The molecule has 8 heteroatoms. The van der Waals surface area contributed by atoms with E-state index >= 15 is 0 Å². The number of piperazine rings is 1. The van der Waals surface area contributed by atoms with Crippen molar-refractivity contribution < 1.29 is 17.7 Å². The van der Waals surface area contributed by atoms with E-state index < -0.39 is 10.0 Å². The number of aromatic nitrogens is 1. The Bertz CT molecular complexity index is 1150. The minimum absolute atomic E-state index is 0.403. The molecule has 0 spiro atoms. The standard InChI is InChI=1S/C23H27N3O4S/c1-17-4-5-18(2)23(14-17)31(27,28)26-12-10-25(11-13-26)16-21-15-22(24-30-21)19-6-8-20(29-3)9-7-19/h4-9,14-15H,10-13,16H2,1-3H3. The third kappa shape index (κ3) is 4.66. The van der Waals surface area contributed by atoms with Crippen molar-refractivity contribution in [3.63, 3.8) is 0 Å². The summed E-state index contributed by atoms with van der Waals surface area (Å²) in [6, 6.07) is 15.1. The zero-order valence-corrected chi connectivity index (χ0v) is 18.9. The number of methoxy groups -OCH3 is 1. The zero-order chi connectivity index (χ0) is 22.0. The lowest BCUT2D eigenvalue weighted by Gasteiger charge is -2.33. The predicted octanol–water partition coefficient (Wildman–Crippen LogP) is 3.47. The molecule has 0 saturated carbocycles. The smallest absolute Gasteiger partial charge is 0.243 e. The van der Waals surface area contributed by atoms with Crippen LogP contribution in [0.25, 0.3) is 11.3 Å². The molecule has 1 aliphatic rings. The van der Waals surface area contributed by atoms with Gasteiger partial charge >= 0.3 is 0 Å². The zero-order valence-electron chi connectivity index (χ0n) is 18.0.